The van der Waals surface area contributed by atoms with Gasteiger partial charge in [-0.15, -0.1) is 11.3 Å². The molecule has 0 aliphatic carbocycles. The lowest BCUT2D eigenvalue weighted by atomic mass is 9.99. The first-order valence-electron chi connectivity index (χ1n) is 12.1. The lowest BCUT2D eigenvalue weighted by Crippen LogP contribution is -2.36. The predicted octanol–water partition coefficient (Wildman–Crippen LogP) is 5.00. The van der Waals surface area contributed by atoms with Crippen molar-refractivity contribution in [3.63, 3.8) is 0 Å². The lowest BCUT2D eigenvalue weighted by Gasteiger charge is -2.30. The van der Waals surface area contributed by atoms with Crippen molar-refractivity contribution in [2.75, 3.05) is 6.54 Å². The monoisotopic (exact) mass is 491 g/mol. The third-order valence-corrected chi connectivity index (χ3v) is 7.38. The van der Waals surface area contributed by atoms with E-state index in [2.05, 4.69) is 29.2 Å². The number of rotatable bonds is 7. The fourth-order valence-corrected chi connectivity index (χ4v) is 5.65. The molecule has 5 rings (SSSR count). The highest BCUT2D eigenvalue weighted by molar-refractivity contribution is 7.09. The Morgan fingerprint density at radius 1 is 1.17 bits per heavy atom. The van der Waals surface area contributed by atoms with E-state index in [1.807, 2.05) is 34.5 Å². The van der Waals surface area contributed by atoms with E-state index in [0.29, 0.717) is 30.1 Å². The zero-order valence-corrected chi connectivity index (χ0v) is 21.2. The van der Waals surface area contributed by atoms with Gasteiger partial charge in [0.25, 0.3) is 5.56 Å². The minimum Gasteiger partial charge on any atom is -0.310 e. The van der Waals surface area contributed by atoms with Crippen LogP contribution in [0.1, 0.15) is 47.4 Å². The van der Waals surface area contributed by atoms with Crippen molar-refractivity contribution in [3.05, 3.63) is 91.8 Å². The highest BCUT2D eigenvalue weighted by atomic mass is 32.1. The molecule has 0 fully saturated rings. The Bertz CT molecular complexity index is 1400. The van der Waals surface area contributed by atoms with Gasteiger partial charge in [-0.1, -0.05) is 26.0 Å². The maximum atomic E-state index is 14.0. The third kappa shape index (κ3) is 5.13. The Hall–Kier alpha value is -3.10. The molecule has 0 amide bonds. The van der Waals surface area contributed by atoms with Crippen LogP contribution in [0.5, 0.6) is 0 Å². The topological polar surface area (TPSA) is 56.0 Å². The first-order chi connectivity index (χ1) is 16.9. The number of nitrogens with zero attached hydrogens (tertiary/aromatic N) is 5. The minimum atomic E-state index is -0.343. The summed E-state index contributed by atoms with van der Waals surface area (Å²) in [7, 11) is 0. The molecule has 4 aromatic rings. The van der Waals surface area contributed by atoms with Gasteiger partial charge < -0.3 is 4.57 Å². The van der Waals surface area contributed by atoms with E-state index < -0.39 is 0 Å². The molecular weight excluding hydrogens is 461 g/mol. The van der Waals surface area contributed by atoms with Gasteiger partial charge in [-0.2, -0.15) is 5.10 Å². The van der Waals surface area contributed by atoms with Crippen LogP contribution in [-0.4, -0.2) is 30.8 Å². The maximum absolute atomic E-state index is 14.0. The normalized spacial score (nSPS) is 14.0. The van der Waals surface area contributed by atoms with E-state index in [4.69, 9.17) is 4.98 Å². The summed E-state index contributed by atoms with van der Waals surface area (Å²) in [6.45, 7) is 9.79. The van der Waals surface area contributed by atoms with Crippen molar-refractivity contribution in [1.29, 1.82) is 0 Å². The van der Waals surface area contributed by atoms with Crippen molar-refractivity contribution < 1.29 is 4.39 Å². The van der Waals surface area contributed by atoms with Gasteiger partial charge in [0.2, 0.25) is 0 Å². The Morgan fingerprint density at radius 2 is 2.03 bits per heavy atom. The molecule has 35 heavy (non-hydrogen) atoms. The van der Waals surface area contributed by atoms with E-state index in [0.717, 1.165) is 53.7 Å². The average molecular weight is 492 g/mol. The quantitative estimate of drug-likeness (QED) is 0.365. The summed E-state index contributed by atoms with van der Waals surface area (Å²) in [6.07, 6.45) is 2.72. The van der Waals surface area contributed by atoms with Crippen molar-refractivity contribution in [2.24, 2.45) is 0 Å². The number of hydrogen-bond acceptors (Lipinski definition) is 5. The second kappa shape index (κ2) is 9.87. The van der Waals surface area contributed by atoms with E-state index in [9.17, 15) is 9.18 Å². The van der Waals surface area contributed by atoms with E-state index in [1.54, 1.807) is 23.5 Å². The van der Waals surface area contributed by atoms with Gasteiger partial charge in [-0.05, 0) is 48.2 Å². The second-order valence-corrected chi connectivity index (χ2v) is 10.4. The van der Waals surface area contributed by atoms with Crippen LogP contribution in [0.2, 0.25) is 0 Å². The van der Waals surface area contributed by atoms with Gasteiger partial charge in [0.1, 0.15) is 10.8 Å². The molecule has 1 aliphatic heterocycles. The minimum absolute atomic E-state index is 0.0758. The van der Waals surface area contributed by atoms with Crippen LogP contribution in [0, 0.1) is 12.7 Å². The van der Waals surface area contributed by atoms with Crippen LogP contribution < -0.4 is 5.56 Å². The van der Waals surface area contributed by atoms with Gasteiger partial charge in [0.05, 0.1) is 24.5 Å². The van der Waals surface area contributed by atoms with Crippen molar-refractivity contribution in [2.45, 2.75) is 59.3 Å². The first-order valence-corrected chi connectivity index (χ1v) is 12.9. The molecule has 182 valence electrons. The zero-order valence-electron chi connectivity index (χ0n) is 20.4. The summed E-state index contributed by atoms with van der Waals surface area (Å²) in [6, 6.07) is 10.2. The summed E-state index contributed by atoms with van der Waals surface area (Å²) in [5, 5.41) is 7.73. The number of aryl methyl sites for hydroxylation is 2. The number of aromatic nitrogens is 4. The fourth-order valence-electron chi connectivity index (χ4n) is 4.66. The molecule has 0 saturated carbocycles. The lowest BCUT2D eigenvalue weighted by molar-refractivity contribution is 0.239. The van der Waals surface area contributed by atoms with Crippen molar-refractivity contribution >= 4 is 11.3 Å². The standard InChI is InChI=1S/C27H30FN5OS/c1-18(2)24-17-35-26(29-24)16-31-9-8-25-21(15-31)14-23(20-5-4-6-22(28)13-20)27(34)33(25)12-11-32-10-7-19(3)30-32/h4-7,10,13-14,17-18H,8-9,11-12,15-16H2,1-3H3. The van der Waals surface area contributed by atoms with Crippen molar-refractivity contribution in [1.82, 2.24) is 24.2 Å². The SMILES string of the molecule is Cc1ccn(CCn2c3c(cc(-c4cccc(F)c4)c2=O)CN(Cc2nc(C(C)C)cs2)CC3)n1. The Labute approximate surface area is 208 Å². The molecule has 0 saturated heterocycles. The van der Waals surface area contributed by atoms with Gasteiger partial charge in [0, 0.05) is 48.9 Å². The largest absolute Gasteiger partial charge is 0.310 e. The summed E-state index contributed by atoms with van der Waals surface area (Å²) in [4.78, 5) is 20.8. The zero-order chi connectivity index (χ0) is 24.5. The molecule has 4 heterocycles. The molecule has 8 heteroatoms. The fraction of sp³-hybridized carbons (Fsp3) is 0.370. The molecule has 0 bridgehead atoms. The van der Waals surface area contributed by atoms with Gasteiger partial charge in [-0.25, -0.2) is 9.37 Å². The second-order valence-electron chi connectivity index (χ2n) is 9.50. The van der Waals surface area contributed by atoms with Gasteiger partial charge >= 0.3 is 0 Å². The first kappa shape index (κ1) is 23.6. The van der Waals surface area contributed by atoms with Crippen LogP contribution in [-0.2, 0) is 32.6 Å². The third-order valence-electron chi connectivity index (χ3n) is 6.53. The molecule has 0 radical (unpaired) electrons. The number of thiazole rings is 1. The van der Waals surface area contributed by atoms with Crippen LogP contribution >= 0.6 is 11.3 Å². The molecule has 3 aromatic heterocycles. The average Bonchev–Trinajstić information content (AvgIpc) is 3.47. The molecule has 1 aliphatic rings. The smallest absolute Gasteiger partial charge is 0.258 e. The molecule has 0 N–H and O–H groups in total. The van der Waals surface area contributed by atoms with Gasteiger partial charge in [0.15, 0.2) is 0 Å². The number of pyridine rings is 1. The predicted molar refractivity (Wildman–Crippen MR) is 137 cm³/mol. The number of halogens is 1. The maximum Gasteiger partial charge on any atom is 0.258 e. The van der Waals surface area contributed by atoms with Crippen LogP contribution in [0.4, 0.5) is 4.39 Å². The molecule has 6 nitrogen and oxygen atoms in total. The molecule has 0 unspecified atom stereocenters. The van der Waals surface area contributed by atoms with E-state index in [1.165, 1.54) is 12.1 Å². The van der Waals surface area contributed by atoms with Crippen molar-refractivity contribution in [3.8, 4) is 11.1 Å². The summed E-state index contributed by atoms with van der Waals surface area (Å²) in [5.41, 5.74) is 5.35. The number of hydrogen-bond donors (Lipinski definition) is 0. The number of benzene rings is 1. The highest BCUT2D eigenvalue weighted by Gasteiger charge is 2.23. The van der Waals surface area contributed by atoms with E-state index >= 15 is 0 Å². The molecule has 0 spiro atoms. The molecule has 0 atom stereocenters. The summed E-state index contributed by atoms with van der Waals surface area (Å²) < 4.78 is 17.8. The van der Waals surface area contributed by atoms with E-state index in [-0.39, 0.29) is 11.4 Å². The summed E-state index contributed by atoms with van der Waals surface area (Å²) in [5.74, 6) is 0.0773. The Kier molecular flexibility index (Phi) is 6.67. The van der Waals surface area contributed by atoms with Gasteiger partial charge in [-0.3, -0.25) is 14.4 Å². The summed E-state index contributed by atoms with van der Waals surface area (Å²) >= 11 is 1.71. The highest BCUT2D eigenvalue weighted by Crippen LogP contribution is 2.26. The van der Waals surface area contributed by atoms with Crippen LogP contribution in [0.3, 0.4) is 0 Å². The molecular formula is C27H30FN5OS. The number of fused-ring (bicyclic) bond motifs is 1. The molecule has 1 aromatic carbocycles. The van der Waals surface area contributed by atoms with Crippen LogP contribution in [0.25, 0.3) is 11.1 Å². The Morgan fingerprint density at radius 3 is 2.74 bits per heavy atom. The van der Waals surface area contributed by atoms with Crippen LogP contribution in [0.15, 0.2) is 52.8 Å². The Balaban J connectivity index is 1.48.